The SMILES string of the molecule is Fc1ccc(Br)c2ocnc12. The molecule has 1 aromatic heterocycles. The van der Waals surface area contributed by atoms with E-state index in [0.717, 1.165) is 0 Å². The van der Waals surface area contributed by atoms with Crippen LogP contribution in [0.15, 0.2) is 27.4 Å². The molecule has 1 aromatic carbocycles. The van der Waals surface area contributed by atoms with Crippen LogP contribution in [0.2, 0.25) is 0 Å². The fourth-order valence-electron chi connectivity index (χ4n) is 0.887. The van der Waals surface area contributed by atoms with Crippen LogP contribution >= 0.6 is 15.9 Å². The van der Waals surface area contributed by atoms with Crippen molar-refractivity contribution in [3.63, 3.8) is 0 Å². The average molecular weight is 216 g/mol. The Balaban J connectivity index is 2.96. The minimum atomic E-state index is -0.364. The summed E-state index contributed by atoms with van der Waals surface area (Å²) in [5, 5.41) is 0. The molecule has 0 unspecified atom stereocenters. The fraction of sp³-hybridized carbons (Fsp3) is 0. The maximum absolute atomic E-state index is 12.9. The molecule has 2 aromatic rings. The summed E-state index contributed by atoms with van der Waals surface area (Å²) in [6, 6.07) is 2.93. The lowest BCUT2D eigenvalue weighted by molar-refractivity contribution is 0.599. The highest BCUT2D eigenvalue weighted by Crippen LogP contribution is 2.24. The van der Waals surface area contributed by atoms with Gasteiger partial charge in [-0.2, -0.15) is 0 Å². The first-order chi connectivity index (χ1) is 5.29. The number of hydrogen-bond acceptors (Lipinski definition) is 2. The van der Waals surface area contributed by atoms with Gasteiger partial charge < -0.3 is 4.42 Å². The van der Waals surface area contributed by atoms with Gasteiger partial charge >= 0.3 is 0 Å². The number of hydrogen-bond donors (Lipinski definition) is 0. The molecular formula is C7H3BrFNO. The topological polar surface area (TPSA) is 26.0 Å². The summed E-state index contributed by atoms with van der Waals surface area (Å²) in [6.07, 6.45) is 1.22. The molecule has 0 aliphatic heterocycles. The first kappa shape index (κ1) is 6.79. The largest absolute Gasteiger partial charge is 0.442 e. The Bertz CT molecular complexity index is 362. The molecule has 2 nitrogen and oxygen atoms in total. The molecule has 4 heteroatoms. The zero-order chi connectivity index (χ0) is 7.84. The van der Waals surface area contributed by atoms with Gasteiger partial charge in [0.2, 0.25) is 0 Å². The summed E-state index contributed by atoms with van der Waals surface area (Å²) in [6.45, 7) is 0. The van der Waals surface area contributed by atoms with Crippen molar-refractivity contribution >= 4 is 27.0 Å². The van der Waals surface area contributed by atoms with Crippen molar-refractivity contribution in [1.29, 1.82) is 0 Å². The summed E-state index contributed by atoms with van der Waals surface area (Å²) in [7, 11) is 0. The smallest absolute Gasteiger partial charge is 0.182 e. The molecule has 0 aliphatic carbocycles. The van der Waals surface area contributed by atoms with E-state index in [1.807, 2.05) is 0 Å². The van der Waals surface area contributed by atoms with Gasteiger partial charge in [0, 0.05) is 0 Å². The highest BCUT2D eigenvalue weighted by molar-refractivity contribution is 9.10. The van der Waals surface area contributed by atoms with Gasteiger partial charge in [-0.25, -0.2) is 9.37 Å². The van der Waals surface area contributed by atoms with Crippen molar-refractivity contribution in [3.8, 4) is 0 Å². The Morgan fingerprint density at radius 1 is 1.45 bits per heavy atom. The highest BCUT2D eigenvalue weighted by atomic mass is 79.9. The molecule has 0 saturated heterocycles. The van der Waals surface area contributed by atoms with E-state index in [1.54, 1.807) is 6.07 Å². The van der Waals surface area contributed by atoms with E-state index in [2.05, 4.69) is 20.9 Å². The van der Waals surface area contributed by atoms with Crippen LogP contribution in [0.1, 0.15) is 0 Å². The predicted molar refractivity (Wildman–Crippen MR) is 41.7 cm³/mol. The van der Waals surface area contributed by atoms with Crippen molar-refractivity contribution in [1.82, 2.24) is 4.98 Å². The van der Waals surface area contributed by atoms with E-state index < -0.39 is 0 Å². The van der Waals surface area contributed by atoms with Crippen LogP contribution in [-0.2, 0) is 0 Å². The molecule has 0 amide bonds. The molecule has 2 rings (SSSR count). The lowest BCUT2D eigenvalue weighted by Crippen LogP contribution is -1.76. The van der Waals surface area contributed by atoms with Crippen LogP contribution in [0.3, 0.4) is 0 Å². The first-order valence-electron chi connectivity index (χ1n) is 2.96. The van der Waals surface area contributed by atoms with E-state index in [9.17, 15) is 4.39 Å². The molecule has 0 radical (unpaired) electrons. The maximum Gasteiger partial charge on any atom is 0.182 e. The monoisotopic (exact) mass is 215 g/mol. The Morgan fingerprint density at radius 2 is 2.27 bits per heavy atom. The third-order valence-electron chi connectivity index (χ3n) is 1.39. The summed E-state index contributed by atoms with van der Waals surface area (Å²) < 4.78 is 18.5. The van der Waals surface area contributed by atoms with Crippen molar-refractivity contribution in [3.05, 3.63) is 28.8 Å². The van der Waals surface area contributed by atoms with E-state index in [0.29, 0.717) is 10.1 Å². The molecule has 0 aliphatic rings. The van der Waals surface area contributed by atoms with Crippen LogP contribution in [-0.4, -0.2) is 4.98 Å². The molecule has 0 spiro atoms. The number of halogens is 2. The summed E-state index contributed by atoms with van der Waals surface area (Å²) in [5.74, 6) is -0.364. The van der Waals surface area contributed by atoms with E-state index in [1.165, 1.54) is 12.5 Å². The second-order valence-electron chi connectivity index (χ2n) is 2.06. The fourth-order valence-corrected chi connectivity index (χ4v) is 1.30. The van der Waals surface area contributed by atoms with Crippen LogP contribution in [0.5, 0.6) is 0 Å². The number of rotatable bonds is 0. The van der Waals surface area contributed by atoms with Crippen LogP contribution < -0.4 is 0 Å². The van der Waals surface area contributed by atoms with Gasteiger partial charge in [0.15, 0.2) is 17.8 Å². The Kier molecular flexibility index (Phi) is 1.42. The van der Waals surface area contributed by atoms with Crippen molar-refractivity contribution in [2.45, 2.75) is 0 Å². The molecule has 56 valence electrons. The van der Waals surface area contributed by atoms with Gasteiger partial charge in [0.1, 0.15) is 5.52 Å². The van der Waals surface area contributed by atoms with E-state index in [-0.39, 0.29) is 11.3 Å². The molecule has 0 bridgehead atoms. The van der Waals surface area contributed by atoms with Gasteiger partial charge in [-0.3, -0.25) is 0 Å². The normalized spacial score (nSPS) is 10.7. The van der Waals surface area contributed by atoms with E-state index in [4.69, 9.17) is 4.42 Å². The Morgan fingerprint density at radius 3 is 3.00 bits per heavy atom. The zero-order valence-electron chi connectivity index (χ0n) is 5.34. The minimum Gasteiger partial charge on any atom is -0.442 e. The third-order valence-corrected chi connectivity index (χ3v) is 2.01. The number of aromatic nitrogens is 1. The highest BCUT2D eigenvalue weighted by Gasteiger charge is 2.07. The zero-order valence-corrected chi connectivity index (χ0v) is 6.93. The molecule has 0 saturated carbocycles. The van der Waals surface area contributed by atoms with Gasteiger partial charge in [-0.1, -0.05) is 0 Å². The lowest BCUT2D eigenvalue weighted by atomic mass is 10.3. The predicted octanol–water partition coefficient (Wildman–Crippen LogP) is 2.73. The summed E-state index contributed by atoms with van der Waals surface area (Å²) >= 11 is 3.21. The van der Waals surface area contributed by atoms with Crippen LogP contribution in [0.25, 0.3) is 11.1 Å². The Hall–Kier alpha value is -0.900. The molecule has 0 N–H and O–H groups in total. The third kappa shape index (κ3) is 0.939. The number of benzene rings is 1. The molecule has 11 heavy (non-hydrogen) atoms. The number of fused-ring (bicyclic) bond motifs is 1. The molecule has 0 atom stereocenters. The van der Waals surface area contributed by atoms with Gasteiger partial charge in [0.25, 0.3) is 0 Å². The standard InChI is InChI=1S/C7H3BrFNO/c8-4-1-2-5(9)6-7(4)11-3-10-6/h1-3H. The first-order valence-corrected chi connectivity index (χ1v) is 3.75. The van der Waals surface area contributed by atoms with Crippen molar-refractivity contribution in [2.75, 3.05) is 0 Å². The maximum atomic E-state index is 12.9. The molecule has 0 fully saturated rings. The second kappa shape index (κ2) is 2.30. The molecular weight excluding hydrogens is 213 g/mol. The van der Waals surface area contributed by atoms with Crippen molar-refractivity contribution in [2.24, 2.45) is 0 Å². The van der Waals surface area contributed by atoms with Crippen LogP contribution in [0.4, 0.5) is 4.39 Å². The van der Waals surface area contributed by atoms with Gasteiger partial charge in [0.05, 0.1) is 4.47 Å². The quantitative estimate of drug-likeness (QED) is 0.676. The van der Waals surface area contributed by atoms with Crippen molar-refractivity contribution < 1.29 is 8.81 Å². The average Bonchev–Trinajstić information content (AvgIpc) is 2.45. The number of oxazole rings is 1. The molecule has 1 heterocycles. The summed E-state index contributed by atoms with van der Waals surface area (Å²) in [4.78, 5) is 3.71. The van der Waals surface area contributed by atoms with E-state index >= 15 is 0 Å². The number of nitrogens with zero attached hydrogens (tertiary/aromatic N) is 1. The van der Waals surface area contributed by atoms with Gasteiger partial charge in [-0.05, 0) is 28.1 Å². The minimum absolute atomic E-state index is 0.263. The Labute approximate surface area is 70.2 Å². The van der Waals surface area contributed by atoms with Crippen LogP contribution in [0, 0.1) is 5.82 Å². The second-order valence-corrected chi connectivity index (χ2v) is 2.91. The van der Waals surface area contributed by atoms with Gasteiger partial charge in [-0.15, -0.1) is 0 Å². The summed E-state index contributed by atoms with van der Waals surface area (Å²) in [5.41, 5.74) is 0.712. The lowest BCUT2D eigenvalue weighted by Gasteiger charge is -1.90.